The summed E-state index contributed by atoms with van der Waals surface area (Å²) in [6.07, 6.45) is 2.09. The topological polar surface area (TPSA) is 130 Å². The minimum Gasteiger partial charge on any atom is -0.476 e. The zero-order valence-corrected chi connectivity index (χ0v) is 15.7. The maximum Gasteiger partial charge on any atom is 0.356 e. The van der Waals surface area contributed by atoms with Crippen molar-refractivity contribution in [1.82, 2.24) is 19.6 Å². The molecular formula is C17H20N4O5S. The molecule has 9 nitrogen and oxygen atoms in total. The summed E-state index contributed by atoms with van der Waals surface area (Å²) in [5.74, 6) is -1.74. The molecule has 0 aliphatic carbocycles. The highest BCUT2D eigenvalue weighted by atomic mass is 32.2. The van der Waals surface area contributed by atoms with Crippen LogP contribution in [-0.4, -0.2) is 52.8 Å². The largest absolute Gasteiger partial charge is 0.476 e. The van der Waals surface area contributed by atoms with Crippen LogP contribution < -0.4 is 5.32 Å². The van der Waals surface area contributed by atoms with Crippen LogP contribution in [-0.2, 0) is 16.6 Å². The summed E-state index contributed by atoms with van der Waals surface area (Å²) in [5.41, 5.74) is 0.439. The first-order chi connectivity index (χ1) is 12.8. The van der Waals surface area contributed by atoms with Gasteiger partial charge in [-0.25, -0.2) is 23.2 Å². The summed E-state index contributed by atoms with van der Waals surface area (Å²) in [7, 11) is -3.52. The minimum atomic E-state index is -3.52. The molecule has 0 radical (unpaired) electrons. The Morgan fingerprint density at radius 2 is 1.59 bits per heavy atom. The van der Waals surface area contributed by atoms with E-state index in [9.17, 15) is 18.0 Å². The molecule has 0 saturated carbocycles. The molecule has 0 atom stereocenters. The van der Waals surface area contributed by atoms with Gasteiger partial charge in [0.15, 0.2) is 5.69 Å². The fraction of sp³-hybridized carbons (Fsp3) is 0.294. The quantitative estimate of drug-likeness (QED) is 0.689. The van der Waals surface area contributed by atoms with Crippen LogP contribution in [0.25, 0.3) is 0 Å². The molecule has 0 aliphatic rings. The Hall–Kier alpha value is -2.85. The smallest absolute Gasteiger partial charge is 0.356 e. The molecule has 2 N–H and O–H groups in total. The molecule has 1 amide bonds. The van der Waals surface area contributed by atoms with E-state index in [0.717, 1.165) is 12.4 Å². The number of hydrogen-bond acceptors (Lipinski definition) is 6. The highest BCUT2D eigenvalue weighted by Gasteiger charge is 2.21. The lowest BCUT2D eigenvalue weighted by molar-refractivity contribution is 0.0689. The molecule has 0 fully saturated rings. The van der Waals surface area contributed by atoms with Crippen molar-refractivity contribution in [1.29, 1.82) is 0 Å². The van der Waals surface area contributed by atoms with E-state index in [1.165, 1.54) is 16.4 Å². The number of amides is 1. The van der Waals surface area contributed by atoms with E-state index < -0.39 is 21.9 Å². The maximum atomic E-state index is 12.4. The minimum absolute atomic E-state index is 0.0132. The van der Waals surface area contributed by atoms with Crippen LogP contribution in [0.3, 0.4) is 0 Å². The third-order valence-electron chi connectivity index (χ3n) is 3.82. The zero-order chi connectivity index (χ0) is 20.0. The van der Waals surface area contributed by atoms with Gasteiger partial charge in [0.25, 0.3) is 5.91 Å². The van der Waals surface area contributed by atoms with E-state index >= 15 is 0 Å². The summed E-state index contributed by atoms with van der Waals surface area (Å²) in [4.78, 5) is 30.3. The summed E-state index contributed by atoms with van der Waals surface area (Å²) >= 11 is 0. The van der Waals surface area contributed by atoms with Crippen molar-refractivity contribution < 1.29 is 23.1 Å². The van der Waals surface area contributed by atoms with Crippen LogP contribution >= 0.6 is 0 Å². The third kappa shape index (κ3) is 4.86. The standard InChI is InChI=1S/C17H20N4O5S/c1-3-21(4-2)27(25,26)13-7-5-12(6-8-13)9-20-16(22)14-10-19-15(11-18-14)17(23)24/h5-8,10-11H,3-4,9H2,1-2H3,(H,20,22)(H,23,24). The van der Waals surface area contributed by atoms with Gasteiger partial charge in [0, 0.05) is 19.6 Å². The molecule has 27 heavy (non-hydrogen) atoms. The third-order valence-corrected chi connectivity index (χ3v) is 5.89. The number of aromatic carboxylic acids is 1. The van der Waals surface area contributed by atoms with Crippen molar-refractivity contribution in [2.75, 3.05) is 13.1 Å². The number of benzene rings is 1. The number of carbonyl (C=O) groups is 2. The van der Waals surface area contributed by atoms with Gasteiger partial charge in [-0.3, -0.25) is 4.79 Å². The predicted molar refractivity (Wildman–Crippen MR) is 96.7 cm³/mol. The van der Waals surface area contributed by atoms with Crippen molar-refractivity contribution >= 4 is 21.9 Å². The Bertz CT molecular complexity index is 907. The molecule has 1 heterocycles. The predicted octanol–water partition coefficient (Wildman–Crippen LogP) is 1.14. The van der Waals surface area contributed by atoms with E-state index in [1.807, 2.05) is 0 Å². The first-order valence-corrected chi connectivity index (χ1v) is 9.66. The molecule has 0 unspecified atom stereocenters. The first kappa shape index (κ1) is 20.5. The summed E-state index contributed by atoms with van der Waals surface area (Å²) < 4.78 is 26.2. The van der Waals surface area contributed by atoms with E-state index in [-0.39, 0.29) is 22.8 Å². The van der Waals surface area contributed by atoms with Crippen molar-refractivity contribution in [3.05, 3.63) is 53.6 Å². The average Bonchev–Trinajstić information content (AvgIpc) is 2.67. The van der Waals surface area contributed by atoms with Gasteiger partial charge in [0.2, 0.25) is 10.0 Å². The van der Waals surface area contributed by atoms with Crippen molar-refractivity contribution in [2.45, 2.75) is 25.3 Å². The molecular weight excluding hydrogens is 372 g/mol. The molecule has 2 rings (SSSR count). The number of carboxylic acid groups (broad SMARTS) is 1. The van der Waals surface area contributed by atoms with Crippen LogP contribution in [0.1, 0.15) is 40.4 Å². The Morgan fingerprint density at radius 3 is 2.07 bits per heavy atom. The van der Waals surface area contributed by atoms with E-state index in [1.54, 1.807) is 26.0 Å². The highest BCUT2D eigenvalue weighted by molar-refractivity contribution is 7.89. The van der Waals surface area contributed by atoms with Crippen LogP contribution in [0, 0.1) is 0 Å². The number of carbonyl (C=O) groups excluding carboxylic acids is 1. The molecule has 0 aliphatic heterocycles. The fourth-order valence-electron chi connectivity index (χ4n) is 2.32. The molecule has 10 heteroatoms. The molecule has 2 aromatic rings. The highest BCUT2D eigenvalue weighted by Crippen LogP contribution is 2.16. The Kier molecular flexibility index (Phi) is 6.59. The Labute approximate surface area is 157 Å². The van der Waals surface area contributed by atoms with E-state index in [2.05, 4.69) is 15.3 Å². The van der Waals surface area contributed by atoms with Gasteiger partial charge in [-0.05, 0) is 17.7 Å². The SMILES string of the molecule is CCN(CC)S(=O)(=O)c1ccc(CNC(=O)c2cnc(C(=O)O)cn2)cc1. The van der Waals surface area contributed by atoms with Crippen molar-refractivity contribution in [3.8, 4) is 0 Å². The summed E-state index contributed by atoms with van der Waals surface area (Å²) in [6.45, 7) is 4.48. The van der Waals surface area contributed by atoms with Crippen LogP contribution in [0.4, 0.5) is 0 Å². The second kappa shape index (κ2) is 8.69. The van der Waals surface area contributed by atoms with Crippen molar-refractivity contribution in [2.24, 2.45) is 0 Å². The van der Waals surface area contributed by atoms with Gasteiger partial charge in [-0.1, -0.05) is 26.0 Å². The zero-order valence-electron chi connectivity index (χ0n) is 14.9. The monoisotopic (exact) mass is 392 g/mol. The lowest BCUT2D eigenvalue weighted by atomic mass is 10.2. The lowest BCUT2D eigenvalue weighted by Gasteiger charge is -2.18. The van der Waals surface area contributed by atoms with Gasteiger partial charge in [0.1, 0.15) is 5.69 Å². The van der Waals surface area contributed by atoms with Crippen LogP contribution in [0.15, 0.2) is 41.6 Å². The Balaban J connectivity index is 2.02. The number of sulfonamides is 1. The van der Waals surface area contributed by atoms with E-state index in [0.29, 0.717) is 18.7 Å². The number of aromatic nitrogens is 2. The maximum absolute atomic E-state index is 12.4. The normalized spacial score (nSPS) is 11.4. The van der Waals surface area contributed by atoms with E-state index in [4.69, 9.17) is 5.11 Å². The number of nitrogens with zero attached hydrogens (tertiary/aromatic N) is 3. The van der Waals surface area contributed by atoms with Gasteiger partial charge in [-0.15, -0.1) is 0 Å². The number of carboxylic acids is 1. The molecule has 1 aromatic heterocycles. The lowest BCUT2D eigenvalue weighted by Crippen LogP contribution is -2.30. The molecule has 0 saturated heterocycles. The molecule has 1 aromatic carbocycles. The molecule has 144 valence electrons. The summed E-state index contributed by atoms with van der Waals surface area (Å²) in [6, 6.07) is 6.24. The second-order valence-corrected chi connectivity index (χ2v) is 7.45. The number of hydrogen-bond donors (Lipinski definition) is 2. The number of rotatable bonds is 8. The van der Waals surface area contributed by atoms with Gasteiger partial charge >= 0.3 is 5.97 Å². The average molecular weight is 392 g/mol. The summed E-state index contributed by atoms with van der Waals surface area (Å²) in [5, 5.41) is 11.4. The molecule has 0 bridgehead atoms. The number of nitrogens with one attached hydrogen (secondary N) is 1. The van der Waals surface area contributed by atoms with Crippen LogP contribution in [0.2, 0.25) is 0 Å². The van der Waals surface area contributed by atoms with Gasteiger partial charge in [0.05, 0.1) is 17.3 Å². The Morgan fingerprint density at radius 1 is 1.04 bits per heavy atom. The van der Waals surface area contributed by atoms with Crippen LogP contribution in [0.5, 0.6) is 0 Å². The fourth-order valence-corrected chi connectivity index (χ4v) is 3.78. The van der Waals surface area contributed by atoms with Gasteiger partial charge in [-0.2, -0.15) is 4.31 Å². The first-order valence-electron chi connectivity index (χ1n) is 8.22. The van der Waals surface area contributed by atoms with Gasteiger partial charge < -0.3 is 10.4 Å². The molecule has 0 spiro atoms. The van der Waals surface area contributed by atoms with Crippen molar-refractivity contribution in [3.63, 3.8) is 0 Å². The second-order valence-electron chi connectivity index (χ2n) is 5.51.